The number of benzene rings is 1. The molecule has 5 nitrogen and oxygen atoms in total. The van der Waals surface area contributed by atoms with Gasteiger partial charge in [0.15, 0.2) is 0 Å². The number of nitrogens with one attached hydrogen (secondary N) is 2. The van der Waals surface area contributed by atoms with E-state index in [1.54, 1.807) is 6.20 Å². The summed E-state index contributed by atoms with van der Waals surface area (Å²) < 4.78 is 0. The number of halogens is 1. The van der Waals surface area contributed by atoms with E-state index < -0.39 is 0 Å². The molecule has 6 heteroatoms. The minimum absolute atomic E-state index is 0.596. The van der Waals surface area contributed by atoms with E-state index in [1.165, 1.54) is 0 Å². The number of pyridine rings is 1. The first-order valence-electron chi connectivity index (χ1n) is 7.66. The van der Waals surface area contributed by atoms with Crippen molar-refractivity contribution in [1.29, 1.82) is 0 Å². The fourth-order valence-corrected chi connectivity index (χ4v) is 2.34. The van der Waals surface area contributed by atoms with Crippen molar-refractivity contribution in [2.45, 2.75) is 20.0 Å². The minimum atomic E-state index is 0.596. The topological polar surface area (TPSA) is 62.7 Å². The van der Waals surface area contributed by atoms with Crippen LogP contribution in [0.5, 0.6) is 0 Å². The van der Waals surface area contributed by atoms with Crippen LogP contribution in [-0.2, 0) is 13.1 Å². The molecule has 0 saturated carbocycles. The van der Waals surface area contributed by atoms with E-state index in [1.807, 2.05) is 55.6 Å². The quantitative estimate of drug-likeness (QED) is 0.709. The van der Waals surface area contributed by atoms with Gasteiger partial charge >= 0.3 is 0 Å². The summed E-state index contributed by atoms with van der Waals surface area (Å²) in [4.78, 5) is 13.0. The van der Waals surface area contributed by atoms with Gasteiger partial charge in [-0.2, -0.15) is 4.98 Å². The van der Waals surface area contributed by atoms with Crippen molar-refractivity contribution in [3.05, 3.63) is 76.7 Å². The summed E-state index contributed by atoms with van der Waals surface area (Å²) in [7, 11) is 0. The molecule has 24 heavy (non-hydrogen) atoms. The second-order valence-electron chi connectivity index (χ2n) is 5.41. The van der Waals surface area contributed by atoms with E-state index in [9.17, 15) is 0 Å². The van der Waals surface area contributed by atoms with Crippen LogP contribution in [-0.4, -0.2) is 15.0 Å². The molecular weight excluding hydrogens is 322 g/mol. The van der Waals surface area contributed by atoms with Gasteiger partial charge in [0.1, 0.15) is 5.82 Å². The largest absolute Gasteiger partial charge is 0.366 e. The van der Waals surface area contributed by atoms with Crippen LogP contribution >= 0.6 is 11.6 Å². The molecular formula is C18H18ClN5. The number of rotatable bonds is 6. The van der Waals surface area contributed by atoms with E-state index in [2.05, 4.69) is 25.6 Å². The van der Waals surface area contributed by atoms with Gasteiger partial charge in [0, 0.05) is 42.3 Å². The maximum absolute atomic E-state index is 5.90. The van der Waals surface area contributed by atoms with Crippen LogP contribution in [0.15, 0.2) is 54.9 Å². The van der Waals surface area contributed by atoms with Crippen molar-refractivity contribution in [1.82, 2.24) is 15.0 Å². The SMILES string of the molecule is Cc1cc(NCc2cccnc2)nc(NCc2ccc(Cl)cc2)n1. The zero-order chi connectivity index (χ0) is 16.8. The average molecular weight is 340 g/mol. The molecule has 0 amide bonds. The zero-order valence-electron chi connectivity index (χ0n) is 13.3. The Morgan fingerprint density at radius 1 is 0.958 bits per heavy atom. The summed E-state index contributed by atoms with van der Waals surface area (Å²) in [5, 5.41) is 7.27. The summed E-state index contributed by atoms with van der Waals surface area (Å²) in [5.41, 5.74) is 3.12. The number of aromatic nitrogens is 3. The van der Waals surface area contributed by atoms with Gasteiger partial charge < -0.3 is 10.6 Å². The maximum Gasteiger partial charge on any atom is 0.225 e. The van der Waals surface area contributed by atoms with Crippen molar-refractivity contribution in [2.24, 2.45) is 0 Å². The molecule has 0 aliphatic heterocycles. The van der Waals surface area contributed by atoms with Crippen molar-refractivity contribution in [3.8, 4) is 0 Å². The second-order valence-corrected chi connectivity index (χ2v) is 5.85. The van der Waals surface area contributed by atoms with Crippen LogP contribution in [0.2, 0.25) is 5.02 Å². The molecule has 0 saturated heterocycles. The highest BCUT2D eigenvalue weighted by Crippen LogP contribution is 2.13. The Hall–Kier alpha value is -2.66. The Kier molecular flexibility index (Phi) is 5.23. The van der Waals surface area contributed by atoms with Gasteiger partial charge in [-0.05, 0) is 36.2 Å². The smallest absolute Gasteiger partial charge is 0.225 e. The Labute approximate surface area is 146 Å². The van der Waals surface area contributed by atoms with Crippen LogP contribution in [0.25, 0.3) is 0 Å². The zero-order valence-corrected chi connectivity index (χ0v) is 14.1. The molecule has 0 bridgehead atoms. The molecule has 2 aromatic heterocycles. The van der Waals surface area contributed by atoms with Crippen molar-refractivity contribution in [3.63, 3.8) is 0 Å². The molecule has 0 aliphatic carbocycles. The lowest BCUT2D eigenvalue weighted by atomic mass is 10.2. The predicted molar refractivity (Wildman–Crippen MR) is 97.1 cm³/mol. The van der Waals surface area contributed by atoms with Crippen LogP contribution in [0, 0.1) is 6.92 Å². The summed E-state index contributed by atoms with van der Waals surface area (Å²) in [6.07, 6.45) is 3.60. The molecule has 3 rings (SSSR count). The van der Waals surface area contributed by atoms with E-state index in [0.29, 0.717) is 19.0 Å². The number of hydrogen-bond donors (Lipinski definition) is 2. The number of aryl methyl sites for hydroxylation is 1. The Morgan fingerprint density at radius 3 is 2.50 bits per heavy atom. The second kappa shape index (κ2) is 7.75. The van der Waals surface area contributed by atoms with E-state index >= 15 is 0 Å². The minimum Gasteiger partial charge on any atom is -0.366 e. The molecule has 0 fully saturated rings. The van der Waals surface area contributed by atoms with E-state index in [0.717, 1.165) is 27.7 Å². The highest BCUT2D eigenvalue weighted by molar-refractivity contribution is 6.30. The van der Waals surface area contributed by atoms with Gasteiger partial charge in [0.25, 0.3) is 0 Å². The molecule has 0 unspecified atom stereocenters. The molecule has 122 valence electrons. The Bertz CT molecular complexity index is 790. The monoisotopic (exact) mass is 339 g/mol. The average Bonchev–Trinajstić information content (AvgIpc) is 2.60. The van der Waals surface area contributed by atoms with Crippen LogP contribution in [0.1, 0.15) is 16.8 Å². The number of hydrogen-bond acceptors (Lipinski definition) is 5. The molecule has 2 heterocycles. The first kappa shape index (κ1) is 16.2. The maximum atomic E-state index is 5.90. The third kappa shape index (κ3) is 4.67. The number of nitrogens with zero attached hydrogens (tertiary/aromatic N) is 3. The fourth-order valence-electron chi connectivity index (χ4n) is 2.22. The molecule has 0 aliphatic rings. The van der Waals surface area contributed by atoms with Gasteiger partial charge in [-0.25, -0.2) is 4.98 Å². The van der Waals surface area contributed by atoms with Gasteiger partial charge in [-0.15, -0.1) is 0 Å². The molecule has 0 radical (unpaired) electrons. The third-order valence-corrected chi connectivity index (χ3v) is 3.67. The predicted octanol–water partition coefficient (Wildman–Crippen LogP) is 4.06. The lowest BCUT2D eigenvalue weighted by Crippen LogP contribution is -2.08. The normalized spacial score (nSPS) is 10.4. The highest BCUT2D eigenvalue weighted by Gasteiger charge is 2.03. The van der Waals surface area contributed by atoms with Crippen LogP contribution in [0.4, 0.5) is 11.8 Å². The van der Waals surface area contributed by atoms with Crippen LogP contribution in [0.3, 0.4) is 0 Å². The number of anilines is 2. The van der Waals surface area contributed by atoms with Crippen molar-refractivity contribution < 1.29 is 0 Å². The highest BCUT2D eigenvalue weighted by atomic mass is 35.5. The van der Waals surface area contributed by atoms with E-state index in [-0.39, 0.29) is 0 Å². The van der Waals surface area contributed by atoms with Gasteiger partial charge in [-0.1, -0.05) is 29.8 Å². The summed E-state index contributed by atoms with van der Waals surface area (Å²) in [6.45, 7) is 3.26. The summed E-state index contributed by atoms with van der Waals surface area (Å²) in [6, 6.07) is 13.6. The van der Waals surface area contributed by atoms with Gasteiger partial charge in [0.05, 0.1) is 0 Å². The first-order valence-corrected chi connectivity index (χ1v) is 8.03. The molecule has 0 spiro atoms. The fraction of sp³-hybridized carbons (Fsp3) is 0.167. The first-order chi connectivity index (χ1) is 11.7. The Balaban J connectivity index is 1.63. The molecule has 1 aromatic carbocycles. The molecule has 3 aromatic rings. The molecule has 0 atom stereocenters. The summed E-state index contributed by atoms with van der Waals surface area (Å²) in [5.74, 6) is 1.38. The van der Waals surface area contributed by atoms with Gasteiger partial charge in [0.2, 0.25) is 5.95 Å². The Morgan fingerprint density at radius 2 is 1.75 bits per heavy atom. The van der Waals surface area contributed by atoms with Crippen molar-refractivity contribution >= 4 is 23.4 Å². The van der Waals surface area contributed by atoms with E-state index in [4.69, 9.17) is 11.6 Å². The van der Waals surface area contributed by atoms with Crippen molar-refractivity contribution in [2.75, 3.05) is 10.6 Å². The van der Waals surface area contributed by atoms with Gasteiger partial charge in [-0.3, -0.25) is 4.98 Å². The standard InChI is InChI=1S/C18H18ClN5/c1-13-9-17(21-12-15-3-2-8-20-10-15)24-18(23-13)22-11-14-4-6-16(19)7-5-14/h2-10H,11-12H2,1H3,(H2,21,22,23,24). The van der Waals surface area contributed by atoms with Crippen LogP contribution < -0.4 is 10.6 Å². The molecule has 2 N–H and O–H groups in total. The lowest BCUT2D eigenvalue weighted by Gasteiger charge is -2.10. The summed E-state index contributed by atoms with van der Waals surface area (Å²) >= 11 is 5.90. The lowest BCUT2D eigenvalue weighted by molar-refractivity contribution is 1.01. The third-order valence-electron chi connectivity index (χ3n) is 3.41.